The first-order valence-corrected chi connectivity index (χ1v) is 18.8. The van der Waals surface area contributed by atoms with E-state index in [4.69, 9.17) is 0 Å². The lowest BCUT2D eigenvalue weighted by molar-refractivity contribution is 0.461. The van der Waals surface area contributed by atoms with Crippen LogP contribution in [0.25, 0.3) is 0 Å². The van der Waals surface area contributed by atoms with Gasteiger partial charge in [-0.2, -0.15) is 0 Å². The van der Waals surface area contributed by atoms with Crippen LogP contribution in [0.5, 0.6) is 11.5 Å². The molecule has 36 heavy (non-hydrogen) atoms. The average Bonchev–Trinajstić information content (AvgIpc) is 2.88. The number of aryl methyl sites for hydroxylation is 2. The van der Waals surface area contributed by atoms with E-state index in [9.17, 15) is 10.2 Å². The lowest BCUT2D eigenvalue weighted by Gasteiger charge is -2.09. The van der Waals surface area contributed by atoms with Crippen LogP contribution in [0.1, 0.15) is 115 Å². The van der Waals surface area contributed by atoms with E-state index in [0.29, 0.717) is 11.5 Å². The van der Waals surface area contributed by atoms with Crippen molar-refractivity contribution in [3.05, 3.63) is 47.5 Å². The zero-order valence-corrected chi connectivity index (χ0v) is 25.6. The first kappa shape index (κ1) is 31.7. The van der Waals surface area contributed by atoms with Crippen LogP contribution in [0.2, 0.25) is 0 Å². The fourth-order valence-electron chi connectivity index (χ4n) is 4.24. The van der Waals surface area contributed by atoms with Gasteiger partial charge in [0.25, 0.3) is 0 Å². The van der Waals surface area contributed by atoms with E-state index in [1.54, 1.807) is 41.2 Å². The molecule has 6 heteroatoms. The standard InChI is InChI=1S/C30H46O2S4/c1-3-5-7-9-11-13-15-17-25-19-21-27(31)29(23-25)33-35-36-34-30-24-26(20-22-28(30)32)18-16-14-12-10-8-6-4-2/h19-24,31-32H,3-18H2,1-2H3. The van der Waals surface area contributed by atoms with Crippen molar-refractivity contribution in [3.8, 4) is 11.5 Å². The van der Waals surface area contributed by atoms with Gasteiger partial charge in [-0.1, -0.05) is 103 Å². The molecule has 0 aliphatic carbocycles. The summed E-state index contributed by atoms with van der Waals surface area (Å²) in [6.45, 7) is 4.52. The Morgan fingerprint density at radius 2 is 0.861 bits per heavy atom. The SMILES string of the molecule is CCCCCCCCCc1ccc(O)c(SSSSc2cc(CCCCCCCCC)ccc2O)c1. The maximum Gasteiger partial charge on any atom is 0.130 e. The van der Waals surface area contributed by atoms with Gasteiger partial charge in [-0.25, -0.2) is 0 Å². The van der Waals surface area contributed by atoms with Crippen molar-refractivity contribution in [1.29, 1.82) is 0 Å². The molecule has 0 atom stereocenters. The van der Waals surface area contributed by atoms with Crippen molar-refractivity contribution < 1.29 is 10.2 Å². The van der Waals surface area contributed by atoms with Crippen molar-refractivity contribution in [1.82, 2.24) is 0 Å². The number of benzene rings is 2. The summed E-state index contributed by atoms with van der Waals surface area (Å²) >= 11 is 0. The lowest BCUT2D eigenvalue weighted by atomic mass is 10.0. The van der Waals surface area contributed by atoms with Gasteiger partial charge in [-0.3, -0.25) is 0 Å². The van der Waals surface area contributed by atoms with Gasteiger partial charge in [-0.05, 0) is 102 Å². The molecule has 0 spiro atoms. The molecule has 2 nitrogen and oxygen atoms in total. The van der Waals surface area contributed by atoms with Crippen LogP contribution in [0.3, 0.4) is 0 Å². The summed E-state index contributed by atoms with van der Waals surface area (Å²) in [5, 5.41) is 20.6. The minimum Gasteiger partial charge on any atom is -0.507 e. The number of hydrogen-bond donors (Lipinski definition) is 2. The fourth-order valence-corrected chi connectivity index (χ4v) is 9.87. The van der Waals surface area contributed by atoms with Crippen molar-refractivity contribution in [2.45, 2.75) is 126 Å². The molecule has 0 bridgehead atoms. The summed E-state index contributed by atoms with van der Waals surface area (Å²) in [4.78, 5) is 1.84. The third-order valence-corrected chi connectivity index (χ3v) is 12.5. The summed E-state index contributed by atoms with van der Waals surface area (Å²) in [5.41, 5.74) is 2.61. The van der Waals surface area contributed by atoms with Crippen LogP contribution in [0.4, 0.5) is 0 Å². The molecule has 2 aromatic rings. The van der Waals surface area contributed by atoms with Crippen LogP contribution < -0.4 is 0 Å². The molecule has 2 rings (SSSR count). The van der Waals surface area contributed by atoms with E-state index in [1.165, 1.54) is 101 Å². The van der Waals surface area contributed by atoms with Crippen molar-refractivity contribution in [3.63, 3.8) is 0 Å². The maximum absolute atomic E-state index is 10.3. The van der Waals surface area contributed by atoms with Crippen LogP contribution in [-0.4, -0.2) is 10.2 Å². The number of aromatic hydroxyl groups is 2. The topological polar surface area (TPSA) is 40.5 Å². The molecular weight excluding hydrogens is 521 g/mol. The lowest BCUT2D eigenvalue weighted by Crippen LogP contribution is -1.87. The van der Waals surface area contributed by atoms with Crippen LogP contribution in [-0.2, 0) is 12.8 Å². The highest BCUT2D eigenvalue weighted by atomic mass is 33.7. The zero-order valence-electron chi connectivity index (χ0n) is 22.3. The van der Waals surface area contributed by atoms with Crippen LogP contribution >= 0.6 is 41.2 Å². The van der Waals surface area contributed by atoms with E-state index in [2.05, 4.69) is 38.1 Å². The van der Waals surface area contributed by atoms with Gasteiger partial charge in [-0.15, -0.1) is 0 Å². The first-order chi connectivity index (χ1) is 17.6. The summed E-state index contributed by atoms with van der Waals surface area (Å²) in [6, 6.07) is 12.0. The molecule has 0 unspecified atom stereocenters. The van der Waals surface area contributed by atoms with Gasteiger partial charge in [0.2, 0.25) is 0 Å². The highest BCUT2D eigenvalue weighted by Crippen LogP contribution is 2.52. The Hall–Kier alpha value is -0.560. The number of unbranched alkanes of at least 4 members (excludes halogenated alkanes) is 12. The smallest absolute Gasteiger partial charge is 0.130 e. The maximum atomic E-state index is 10.3. The van der Waals surface area contributed by atoms with Gasteiger partial charge in [0.1, 0.15) is 11.5 Å². The Labute approximate surface area is 235 Å². The van der Waals surface area contributed by atoms with Crippen molar-refractivity contribution in [2.24, 2.45) is 0 Å². The highest BCUT2D eigenvalue weighted by molar-refractivity contribution is 9.26. The average molecular weight is 567 g/mol. The predicted molar refractivity (Wildman–Crippen MR) is 167 cm³/mol. The minimum absolute atomic E-state index is 0.348. The molecular formula is C30H46O2S4. The first-order valence-electron chi connectivity index (χ1n) is 14.0. The van der Waals surface area contributed by atoms with E-state index in [-0.39, 0.29) is 0 Å². The monoisotopic (exact) mass is 566 g/mol. The Morgan fingerprint density at radius 3 is 1.25 bits per heavy atom. The number of rotatable bonds is 21. The molecule has 0 aliphatic heterocycles. The molecule has 202 valence electrons. The normalized spacial score (nSPS) is 11.3. The van der Waals surface area contributed by atoms with Gasteiger partial charge in [0.05, 0.1) is 9.79 Å². The summed E-state index contributed by atoms with van der Waals surface area (Å²) in [7, 11) is 6.46. The van der Waals surface area contributed by atoms with Crippen molar-refractivity contribution in [2.75, 3.05) is 0 Å². The molecule has 2 aromatic carbocycles. The molecule has 2 N–H and O–H groups in total. The van der Waals surface area contributed by atoms with Crippen LogP contribution in [0, 0.1) is 0 Å². The molecule has 0 fully saturated rings. The van der Waals surface area contributed by atoms with Gasteiger partial charge >= 0.3 is 0 Å². The molecule has 0 aromatic heterocycles. The minimum atomic E-state index is 0.348. The Kier molecular flexibility index (Phi) is 17.9. The Balaban J connectivity index is 1.69. The van der Waals surface area contributed by atoms with Crippen molar-refractivity contribution >= 4 is 41.2 Å². The van der Waals surface area contributed by atoms with E-state index in [0.717, 1.165) is 22.6 Å². The van der Waals surface area contributed by atoms with Gasteiger partial charge in [0.15, 0.2) is 0 Å². The second-order valence-corrected chi connectivity index (χ2v) is 15.4. The largest absolute Gasteiger partial charge is 0.507 e. The highest BCUT2D eigenvalue weighted by Gasteiger charge is 2.08. The summed E-state index contributed by atoms with van der Waals surface area (Å²) in [6.07, 6.45) is 20.6. The number of hydrogen-bond acceptors (Lipinski definition) is 6. The molecule has 0 saturated carbocycles. The summed E-state index contributed by atoms with van der Waals surface area (Å²) < 4.78 is 0. The number of phenolic OH excluding ortho intramolecular Hbond substituents is 2. The third-order valence-electron chi connectivity index (χ3n) is 6.46. The molecule has 0 amide bonds. The second kappa shape index (κ2) is 20.4. The quantitative estimate of drug-likeness (QED) is 0.116. The van der Waals surface area contributed by atoms with E-state index >= 15 is 0 Å². The molecule has 0 radical (unpaired) electrons. The molecule has 0 saturated heterocycles. The number of phenols is 2. The predicted octanol–water partition coefficient (Wildman–Crippen LogP) is 11.8. The Bertz CT molecular complexity index is 774. The second-order valence-electron chi connectivity index (χ2n) is 9.65. The third kappa shape index (κ3) is 13.8. The van der Waals surface area contributed by atoms with Gasteiger partial charge < -0.3 is 10.2 Å². The Morgan fingerprint density at radius 1 is 0.500 bits per heavy atom. The van der Waals surface area contributed by atoms with Crippen LogP contribution in [0.15, 0.2) is 46.2 Å². The van der Waals surface area contributed by atoms with E-state index in [1.807, 2.05) is 12.1 Å². The van der Waals surface area contributed by atoms with Gasteiger partial charge in [0, 0.05) is 0 Å². The molecule has 0 heterocycles. The molecule has 0 aliphatic rings. The zero-order chi connectivity index (χ0) is 25.8. The van der Waals surface area contributed by atoms with E-state index < -0.39 is 0 Å². The fraction of sp³-hybridized carbons (Fsp3) is 0.600. The summed E-state index contributed by atoms with van der Waals surface area (Å²) in [5.74, 6) is 0.696.